The van der Waals surface area contributed by atoms with Gasteiger partial charge in [-0.05, 0) is 68.3 Å². The number of nitrogens with one attached hydrogen (secondary N) is 1. The zero-order valence-corrected chi connectivity index (χ0v) is 18.3. The monoisotopic (exact) mass is 431 g/mol. The van der Waals surface area contributed by atoms with Crippen molar-refractivity contribution in [3.8, 4) is 0 Å². The molecule has 1 aliphatic rings. The third kappa shape index (κ3) is 4.97. The molecule has 32 heavy (non-hydrogen) atoms. The molecule has 0 unspecified atom stereocenters. The molecular formula is C26H26FN3O2. The number of hydrogen-bond acceptors (Lipinski definition) is 2. The maximum absolute atomic E-state index is 13.3. The lowest BCUT2D eigenvalue weighted by molar-refractivity contribution is 0.102. The Labute approximate surface area is 187 Å². The van der Waals surface area contributed by atoms with E-state index >= 15 is 0 Å². The molecule has 5 nitrogen and oxygen atoms in total. The molecule has 0 bridgehead atoms. The molecule has 1 heterocycles. The first-order chi connectivity index (χ1) is 15.4. The number of benzene rings is 3. The van der Waals surface area contributed by atoms with Gasteiger partial charge in [0.05, 0.1) is 0 Å². The summed E-state index contributed by atoms with van der Waals surface area (Å²) in [6.45, 7) is 6.09. The first-order valence-corrected chi connectivity index (χ1v) is 10.7. The van der Waals surface area contributed by atoms with Crippen LogP contribution < -0.4 is 10.2 Å². The van der Waals surface area contributed by atoms with Crippen LogP contribution in [0.5, 0.6) is 0 Å². The SMILES string of the molecule is Cc1cc(C)cc(CN2CCCN(c3ccc(NC(=O)c4cccc(F)c4)cc3)C2=O)c1. The van der Waals surface area contributed by atoms with Gasteiger partial charge < -0.3 is 10.2 Å². The average molecular weight is 432 g/mol. The van der Waals surface area contributed by atoms with E-state index in [2.05, 4.69) is 37.4 Å². The molecule has 3 amide bonds. The Morgan fingerprint density at radius 1 is 0.969 bits per heavy atom. The van der Waals surface area contributed by atoms with Crippen molar-refractivity contribution in [2.75, 3.05) is 23.3 Å². The average Bonchev–Trinajstić information content (AvgIpc) is 2.75. The fourth-order valence-corrected chi connectivity index (χ4v) is 4.11. The van der Waals surface area contributed by atoms with Crippen molar-refractivity contribution < 1.29 is 14.0 Å². The Hall–Kier alpha value is -3.67. The fourth-order valence-electron chi connectivity index (χ4n) is 4.11. The minimum Gasteiger partial charge on any atom is -0.322 e. The number of nitrogens with zero attached hydrogens (tertiary/aromatic N) is 2. The summed E-state index contributed by atoms with van der Waals surface area (Å²) in [5.74, 6) is -0.840. The molecule has 0 radical (unpaired) electrons. The van der Waals surface area contributed by atoms with Crippen molar-refractivity contribution in [2.24, 2.45) is 0 Å². The lowest BCUT2D eigenvalue weighted by atomic mass is 10.1. The van der Waals surface area contributed by atoms with E-state index < -0.39 is 5.82 Å². The Kier molecular flexibility index (Phi) is 6.21. The summed E-state index contributed by atoms with van der Waals surface area (Å²) in [5.41, 5.74) is 5.13. The molecule has 4 rings (SSSR count). The first kappa shape index (κ1) is 21.6. The Morgan fingerprint density at radius 2 is 1.69 bits per heavy atom. The first-order valence-electron chi connectivity index (χ1n) is 10.7. The maximum atomic E-state index is 13.3. The van der Waals surface area contributed by atoms with Gasteiger partial charge in [-0.2, -0.15) is 0 Å². The summed E-state index contributed by atoms with van der Waals surface area (Å²) in [6.07, 6.45) is 0.884. The van der Waals surface area contributed by atoms with E-state index in [-0.39, 0.29) is 17.5 Å². The van der Waals surface area contributed by atoms with Crippen LogP contribution in [0.25, 0.3) is 0 Å². The van der Waals surface area contributed by atoms with Crippen molar-refractivity contribution in [1.82, 2.24) is 4.90 Å². The van der Waals surface area contributed by atoms with Gasteiger partial charge in [0.1, 0.15) is 5.82 Å². The molecule has 1 aliphatic heterocycles. The van der Waals surface area contributed by atoms with Gasteiger partial charge in [0.2, 0.25) is 0 Å². The molecule has 1 saturated heterocycles. The molecule has 0 saturated carbocycles. The highest BCUT2D eigenvalue weighted by Crippen LogP contribution is 2.24. The predicted octanol–water partition coefficient (Wildman–Crippen LogP) is 5.53. The molecule has 3 aromatic rings. The van der Waals surface area contributed by atoms with E-state index in [1.165, 1.54) is 29.3 Å². The molecule has 1 fully saturated rings. The smallest absolute Gasteiger partial charge is 0.322 e. The highest BCUT2D eigenvalue weighted by Gasteiger charge is 2.27. The van der Waals surface area contributed by atoms with E-state index in [0.717, 1.165) is 24.2 Å². The van der Waals surface area contributed by atoms with Gasteiger partial charge in [-0.3, -0.25) is 9.69 Å². The molecule has 6 heteroatoms. The van der Waals surface area contributed by atoms with Crippen LogP contribution in [0, 0.1) is 19.7 Å². The number of anilines is 2. The summed E-state index contributed by atoms with van der Waals surface area (Å²) in [7, 11) is 0. The summed E-state index contributed by atoms with van der Waals surface area (Å²) in [6, 6.07) is 19.0. The van der Waals surface area contributed by atoms with Crippen molar-refractivity contribution >= 4 is 23.3 Å². The second-order valence-electron chi connectivity index (χ2n) is 8.22. The van der Waals surface area contributed by atoms with Crippen LogP contribution in [0.1, 0.15) is 33.5 Å². The Balaban J connectivity index is 1.43. The Morgan fingerprint density at radius 3 is 2.38 bits per heavy atom. The van der Waals surface area contributed by atoms with Gasteiger partial charge in [-0.15, -0.1) is 0 Å². The van der Waals surface area contributed by atoms with Crippen molar-refractivity contribution in [3.63, 3.8) is 0 Å². The van der Waals surface area contributed by atoms with Crippen LogP contribution in [-0.2, 0) is 6.54 Å². The fraction of sp³-hybridized carbons (Fsp3) is 0.231. The summed E-state index contributed by atoms with van der Waals surface area (Å²) in [5, 5.41) is 2.76. The topological polar surface area (TPSA) is 52.6 Å². The molecular weight excluding hydrogens is 405 g/mol. The summed E-state index contributed by atoms with van der Waals surface area (Å²) in [4.78, 5) is 29.1. The molecule has 0 spiro atoms. The van der Waals surface area contributed by atoms with Gasteiger partial charge in [0.25, 0.3) is 5.91 Å². The van der Waals surface area contributed by atoms with Gasteiger partial charge in [0.15, 0.2) is 0 Å². The summed E-state index contributed by atoms with van der Waals surface area (Å²) >= 11 is 0. The lowest BCUT2D eigenvalue weighted by Crippen LogP contribution is -2.49. The highest BCUT2D eigenvalue weighted by atomic mass is 19.1. The minimum absolute atomic E-state index is 0.0213. The van der Waals surface area contributed by atoms with Crippen molar-refractivity contribution in [1.29, 1.82) is 0 Å². The number of amides is 3. The zero-order valence-electron chi connectivity index (χ0n) is 18.3. The number of halogens is 1. The number of hydrogen-bond donors (Lipinski definition) is 1. The van der Waals surface area contributed by atoms with E-state index in [1.807, 2.05) is 17.0 Å². The van der Waals surface area contributed by atoms with Gasteiger partial charge in [-0.25, -0.2) is 9.18 Å². The molecule has 1 N–H and O–H groups in total. The van der Waals surface area contributed by atoms with Crippen LogP contribution in [-0.4, -0.2) is 29.9 Å². The molecule has 164 valence electrons. The predicted molar refractivity (Wildman–Crippen MR) is 124 cm³/mol. The van der Waals surface area contributed by atoms with Crippen LogP contribution in [0.15, 0.2) is 66.7 Å². The van der Waals surface area contributed by atoms with E-state index in [9.17, 15) is 14.0 Å². The maximum Gasteiger partial charge on any atom is 0.324 e. The zero-order chi connectivity index (χ0) is 22.7. The van der Waals surface area contributed by atoms with Crippen LogP contribution in [0.4, 0.5) is 20.6 Å². The number of carbonyl (C=O) groups is 2. The summed E-state index contributed by atoms with van der Waals surface area (Å²) < 4.78 is 13.3. The molecule has 0 atom stereocenters. The van der Waals surface area contributed by atoms with Crippen LogP contribution in [0.3, 0.4) is 0 Å². The minimum atomic E-state index is -0.456. The van der Waals surface area contributed by atoms with Crippen LogP contribution in [0.2, 0.25) is 0 Å². The van der Waals surface area contributed by atoms with Crippen molar-refractivity contribution in [3.05, 3.63) is 94.8 Å². The molecule has 0 aromatic heterocycles. The third-order valence-corrected chi connectivity index (χ3v) is 5.49. The number of rotatable bonds is 5. The molecule has 3 aromatic carbocycles. The van der Waals surface area contributed by atoms with Gasteiger partial charge >= 0.3 is 6.03 Å². The number of urea groups is 1. The van der Waals surface area contributed by atoms with Gasteiger partial charge in [-0.1, -0.05) is 35.4 Å². The van der Waals surface area contributed by atoms with E-state index in [0.29, 0.717) is 18.8 Å². The van der Waals surface area contributed by atoms with Gasteiger partial charge in [0, 0.05) is 36.6 Å². The number of carbonyl (C=O) groups excluding carboxylic acids is 2. The Bertz CT molecular complexity index is 1120. The van der Waals surface area contributed by atoms with E-state index in [1.54, 1.807) is 23.1 Å². The standard InChI is InChI=1S/C26H26FN3O2/c1-18-13-19(2)15-20(14-18)17-29-11-4-12-30(26(29)32)24-9-7-23(8-10-24)28-25(31)21-5-3-6-22(27)16-21/h3,5-10,13-16H,4,11-12,17H2,1-2H3,(H,28,31). The normalized spacial score (nSPS) is 13.9. The quantitative estimate of drug-likeness (QED) is 0.578. The lowest BCUT2D eigenvalue weighted by Gasteiger charge is -2.36. The largest absolute Gasteiger partial charge is 0.324 e. The van der Waals surface area contributed by atoms with E-state index in [4.69, 9.17) is 0 Å². The number of aryl methyl sites for hydroxylation is 2. The van der Waals surface area contributed by atoms with Crippen LogP contribution >= 0.6 is 0 Å². The third-order valence-electron chi connectivity index (χ3n) is 5.49. The molecule has 0 aliphatic carbocycles. The second kappa shape index (κ2) is 9.22. The second-order valence-corrected chi connectivity index (χ2v) is 8.22. The highest BCUT2D eigenvalue weighted by molar-refractivity contribution is 6.04. The van der Waals surface area contributed by atoms with Crippen molar-refractivity contribution in [2.45, 2.75) is 26.8 Å².